The fourth-order valence-electron chi connectivity index (χ4n) is 2.50. The van der Waals surface area contributed by atoms with Crippen LogP contribution in [-0.4, -0.2) is 39.5 Å². The predicted molar refractivity (Wildman–Crippen MR) is 81.9 cm³/mol. The van der Waals surface area contributed by atoms with Crippen molar-refractivity contribution in [1.82, 2.24) is 9.88 Å². The molecule has 110 valence electrons. The highest BCUT2D eigenvalue weighted by Crippen LogP contribution is 2.31. The third kappa shape index (κ3) is 2.58. The summed E-state index contributed by atoms with van der Waals surface area (Å²) >= 11 is 2.92. The van der Waals surface area contributed by atoms with E-state index in [1.807, 2.05) is 16.8 Å². The van der Waals surface area contributed by atoms with Crippen LogP contribution in [0.1, 0.15) is 28.2 Å². The van der Waals surface area contributed by atoms with Crippen molar-refractivity contribution in [3.8, 4) is 10.6 Å². The lowest BCUT2D eigenvalue weighted by Crippen LogP contribution is -2.40. The third-order valence-electron chi connectivity index (χ3n) is 3.56. The first-order valence-corrected chi connectivity index (χ1v) is 8.37. The van der Waals surface area contributed by atoms with Crippen LogP contribution in [0.25, 0.3) is 10.6 Å². The number of hydrogen-bond donors (Lipinski definition) is 1. The van der Waals surface area contributed by atoms with Crippen LogP contribution in [0.3, 0.4) is 0 Å². The van der Waals surface area contributed by atoms with Crippen LogP contribution in [0, 0.1) is 6.92 Å². The Morgan fingerprint density at radius 3 is 2.95 bits per heavy atom. The fraction of sp³-hybridized carbons (Fsp3) is 0.357. The first kappa shape index (κ1) is 14.2. The SMILES string of the molecule is Cc1nc(-c2ccsc2)sc1C(=O)N1CCC[C@H]1C(=O)O. The van der Waals surface area contributed by atoms with Crippen molar-refractivity contribution < 1.29 is 14.7 Å². The van der Waals surface area contributed by atoms with E-state index in [1.165, 1.54) is 16.2 Å². The second-order valence-electron chi connectivity index (χ2n) is 4.94. The van der Waals surface area contributed by atoms with Crippen LogP contribution in [0.2, 0.25) is 0 Å². The number of amides is 1. The van der Waals surface area contributed by atoms with Crippen molar-refractivity contribution in [2.75, 3.05) is 6.54 Å². The first-order chi connectivity index (χ1) is 10.1. The molecule has 0 aliphatic carbocycles. The highest BCUT2D eigenvalue weighted by Gasteiger charge is 2.35. The molecule has 2 aromatic rings. The summed E-state index contributed by atoms with van der Waals surface area (Å²) in [6.45, 7) is 2.30. The molecule has 0 bridgehead atoms. The summed E-state index contributed by atoms with van der Waals surface area (Å²) in [4.78, 5) is 30.3. The Morgan fingerprint density at radius 1 is 1.48 bits per heavy atom. The molecular formula is C14H14N2O3S2. The molecule has 5 nitrogen and oxygen atoms in total. The summed E-state index contributed by atoms with van der Waals surface area (Å²) in [5, 5.41) is 14.0. The number of aliphatic carboxylic acids is 1. The minimum absolute atomic E-state index is 0.212. The van der Waals surface area contributed by atoms with Crippen molar-refractivity contribution in [2.45, 2.75) is 25.8 Å². The molecule has 1 N–H and O–H groups in total. The highest BCUT2D eigenvalue weighted by atomic mass is 32.1. The third-order valence-corrected chi connectivity index (χ3v) is 5.44. The first-order valence-electron chi connectivity index (χ1n) is 6.61. The number of thiophene rings is 1. The zero-order chi connectivity index (χ0) is 15.0. The number of likely N-dealkylation sites (tertiary alicyclic amines) is 1. The van der Waals surface area contributed by atoms with Gasteiger partial charge in [0.15, 0.2) is 0 Å². The van der Waals surface area contributed by atoms with Gasteiger partial charge < -0.3 is 10.0 Å². The molecule has 1 atom stereocenters. The molecule has 0 unspecified atom stereocenters. The van der Waals surface area contributed by atoms with Gasteiger partial charge in [0.05, 0.1) is 5.69 Å². The number of rotatable bonds is 3. The molecule has 1 fully saturated rings. The Hall–Kier alpha value is -1.73. The van der Waals surface area contributed by atoms with Gasteiger partial charge >= 0.3 is 5.97 Å². The van der Waals surface area contributed by atoms with Crippen molar-refractivity contribution in [3.05, 3.63) is 27.4 Å². The average molecular weight is 322 g/mol. The van der Waals surface area contributed by atoms with Crippen molar-refractivity contribution in [1.29, 1.82) is 0 Å². The number of nitrogens with zero attached hydrogens (tertiary/aromatic N) is 2. The van der Waals surface area contributed by atoms with Crippen LogP contribution in [-0.2, 0) is 4.79 Å². The van der Waals surface area contributed by atoms with Gasteiger partial charge in [-0.3, -0.25) is 4.79 Å². The number of thiazole rings is 1. The molecule has 7 heteroatoms. The van der Waals surface area contributed by atoms with Gasteiger partial charge in [-0.25, -0.2) is 9.78 Å². The van der Waals surface area contributed by atoms with Crippen LogP contribution >= 0.6 is 22.7 Å². The molecule has 1 aliphatic rings. The molecule has 3 rings (SSSR count). The summed E-state index contributed by atoms with van der Waals surface area (Å²) in [7, 11) is 0. The molecule has 1 amide bonds. The number of aromatic nitrogens is 1. The fourth-order valence-corrected chi connectivity index (χ4v) is 4.24. The molecule has 2 aromatic heterocycles. The Bertz CT molecular complexity index is 678. The maximum absolute atomic E-state index is 12.6. The number of carbonyl (C=O) groups is 2. The molecule has 1 aliphatic heterocycles. The summed E-state index contributed by atoms with van der Waals surface area (Å²) in [6.07, 6.45) is 1.26. The second kappa shape index (κ2) is 5.57. The van der Waals surface area contributed by atoms with Crippen LogP contribution in [0.15, 0.2) is 16.8 Å². The van der Waals surface area contributed by atoms with Gasteiger partial charge in [0, 0.05) is 17.5 Å². The van der Waals surface area contributed by atoms with E-state index < -0.39 is 12.0 Å². The number of carbonyl (C=O) groups excluding carboxylic acids is 1. The average Bonchev–Trinajstić information content (AvgIpc) is 3.18. The Labute approximate surface area is 129 Å². The quantitative estimate of drug-likeness (QED) is 0.943. The summed E-state index contributed by atoms with van der Waals surface area (Å²) in [5.74, 6) is -1.14. The van der Waals surface area contributed by atoms with Gasteiger partial charge in [-0.2, -0.15) is 11.3 Å². The van der Waals surface area contributed by atoms with Gasteiger partial charge in [0.25, 0.3) is 5.91 Å². The van der Waals surface area contributed by atoms with Crippen LogP contribution in [0.5, 0.6) is 0 Å². The van der Waals surface area contributed by atoms with Gasteiger partial charge in [-0.15, -0.1) is 11.3 Å². The monoisotopic (exact) mass is 322 g/mol. The lowest BCUT2D eigenvalue weighted by Gasteiger charge is -2.20. The van der Waals surface area contributed by atoms with Crippen molar-refractivity contribution in [3.63, 3.8) is 0 Å². The van der Waals surface area contributed by atoms with Gasteiger partial charge in [0.1, 0.15) is 15.9 Å². The van der Waals surface area contributed by atoms with E-state index in [-0.39, 0.29) is 5.91 Å². The molecule has 1 saturated heterocycles. The number of hydrogen-bond acceptors (Lipinski definition) is 5. The number of aryl methyl sites for hydroxylation is 1. The Balaban J connectivity index is 1.90. The molecule has 3 heterocycles. The minimum atomic E-state index is -0.930. The van der Waals surface area contributed by atoms with Crippen LogP contribution in [0.4, 0.5) is 0 Å². The van der Waals surface area contributed by atoms with Crippen LogP contribution < -0.4 is 0 Å². The normalized spacial score (nSPS) is 18.1. The van der Waals surface area contributed by atoms with E-state index in [2.05, 4.69) is 4.98 Å². The Morgan fingerprint density at radius 2 is 2.29 bits per heavy atom. The molecular weight excluding hydrogens is 308 g/mol. The largest absolute Gasteiger partial charge is 0.480 e. The smallest absolute Gasteiger partial charge is 0.326 e. The summed E-state index contributed by atoms with van der Waals surface area (Å²) < 4.78 is 0. The van der Waals surface area contributed by atoms with Gasteiger partial charge in [0.2, 0.25) is 0 Å². The Kier molecular flexibility index (Phi) is 3.77. The lowest BCUT2D eigenvalue weighted by molar-refractivity contribution is -0.141. The van der Waals surface area contributed by atoms with E-state index in [9.17, 15) is 14.7 Å². The zero-order valence-electron chi connectivity index (χ0n) is 11.4. The second-order valence-corrected chi connectivity index (χ2v) is 6.72. The number of carboxylic acid groups (broad SMARTS) is 1. The van der Waals surface area contributed by atoms with E-state index in [1.54, 1.807) is 18.3 Å². The highest BCUT2D eigenvalue weighted by molar-refractivity contribution is 7.17. The summed E-state index contributed by atoms with van der Waals surface area (Å²) in [6, 6.07) is 1.26. The van der Waals surface area contributed by atoms with Gasteiger partial charge in [-0.05, 0) is 31.2 Å². The topological polar surface area (TPSA) is 70.5 Å². The van der Waals surface area contributed by atoms with E-state index in [4.69, 9.17) is 0 Å². The maximum atomic E-state index is 12.6. The van der Waals surface area contributed by atoms with Crippen molar-refractivity contribution in [2.24, 2.45) is 0 Å². The van der Waals surface area contributed by atoms with Crippen molar-refractivity contribution >= 4 is 34.6 Å². The maximum Gasteiger partial charge on any atom is 0.326 e. The van der Waals surface area contributed by atoms with Gasteiger partial charge in [-0.1, -0.05) is 0 Å². The van der Waals surface area contributed by atoms with E-state index in [0.29, 0.717) is 23.5 Å². The molecule has 0 saturated carbocycles. The molecule has 21 heavy (non-hydrogen) atoms. The molecule has 0 aromatic carbocycles. The molecule has 0 radical (unpaired) electrons. The zero-order valence-corrected chi connectivity index (χ0v) is 13.0. The predicted octanol–water partition coefficient (Wildman–Crippen LogP) is 2.87. The summed E-state index contributed by atoms with van der Waals surface area (Å²) in [5.41, 5.74) is 1.67. The lowest BCUT2D eigenvalue weighted by atomic mass is 10.2. The standard InChI is InChI=1S/C14H14N2O3S2/c1-8-11(21-12(15-8)9-4-6-20-7-9)13(17)16-5-2-3-10(16)14(18)19/h4,6-7,10H,2-3,5H2,1H3,(H,18,19)/t10-/m0/s1. The number of carboxylic acids is 1. The minimum Gasteiger partial charge on any atom is -0.480 e. The van der Waals surface area contributed by atoms with E-state index in [0.717, 1.165) is 17.0 Å². The van der Waals surface area contributed by atoms with E-state index >= 15 is 0 Å². The molecule has 0 spiro atoms.